The number of likely N-dealkylation sites (tertiary alicyclic amines) is 2. The molecule has 2 saturated heterocycles. The van der Waals surface area contributed by atoms with Gasteiger partial charge < -0.3 is 10.0 Å². The number of piperidine rings is 1. The van der Waals surface area contributed by atoms with Gasteiger partial charge in [-0.05, 0) is 39.2 Å². The highest BCUT2D eigenvalue weighted by Crippen LogP contribution is 2.26. The van der Waals surface area contributed by atoms with Crippen molar-refractivity contribution in [2.24, 2.45) is 0 Å². The van der Waals surface area contributed by atoms with E-state index in [-0.39, 0.29) is 11.9 Å². The van der Waals surface area contributed by atoms with Gasteiger partial charge in [-0.3, -0.25) is 19.4 Å². The predicted molar refractivity (Wildman–Crippen MR) is 80.1 cm³/mol. The molecule has 0 aromatic carbocycles. The summed E-state index contributed by atoms with van der Waals surface area (Å²) < 4.78 is 0. The number of amides is 1. The molecule has 1 N–H and O–H groups in total. The number of carbonyl (C=O) groups is 2. The van der Waals surface area contributed by atoms with Gasteiger partial charge in [-0.1, -0.05) is 0 Å². The van der Waals surface area contributed by atoms with Crippen LogP contribution in [-0.2, 0) is 9.59 Å². The van der Waals surface area contributed by atoms with E-state index in [1.165, 1.54) is 0 Å². The maximum absolute atomic E-state index is 11.9. The van der Waals surface area contributed by atoms with E-state index < -0.39 is 5.97 Å². The van der Waals surface area contributed by atoms with E-state index in [2.05, 4.69) is 9.80 Å². The van der Waals surface area contributed by atoms with Crippen molar-refractivity contribution in [2.45, 2.75) is 44.7 Å². The lowest BCUT2D eigenvalue weighted by atomic mass is 10.0. The summed E-state index contributed by atoms with van der Waals surface area (Å²) in [7, 11) is 1.83. The molecule has 21 heavy (non-hydrogen) atoms. The SMILES string of the molecule is CCN(C)C(=O)CN1CCC(N2CCCC2C(=O)O)CC1. The third kappa shape index (κ3) is 3.95. The van der Waals surface area contributed by atoms with Crippen molar-refractivity contribution >= 4 is 11.9 Å². The van der Waals surface area contributed by atoms with Crippen LogP contribution < -0.4 is 0 Å². The molecular weight excluding hydrogens is 270 g/mol. The topological polar surface area (TPSA) is 64.1 Å². The van der Waals surface area contributed by atoms with Crippen LogP contribution in [-0.4, -0.2) is 83.5 Å². The van der Waals surface area contributed by atoms with E-state index in [9.17, 15) is 14.7 Å². The highest BCUT2D eigenvalue weighted by atomic mass is 16.4. The molecule has 0 bridgehead atoms. The van der Waals surface area contributed by atoms with E-state index in [0.717, 1.165) is 51.9 Å². The second-order valence-electron chi connectivity index (χ2n) is 6.15. The number of aliphatic carboxylic acids is 1. The Kier molecular flexibility index (Phi) is 5.58. The fourth-order valence-corrected chi connectivity index (χ4v) is 3.39. The number of carboxylic acid groups (broad SMARTS) is 1. The van der Waals surface area contributed by atoms with Crippen molar-refractivity contribution in [3.8, 4) is 0 Å². The van der Waals surface area contributed by atoms with Crippen LogP contribution >= 0.6 is 0 Å². The number of carbonyl (C=O) groups excluding carboxylic acids is 1. The highest BCUT2D eigenvalue weighted by molar-refractivity contribution is 5.78. The largest absolute Gasteiger partial charge is 0.480 e. The van der Waals surface area contributed by atoms with Crippen LogP contribution in [0.5, 0.6) is 0 Å². The van der Waals surface area contributed by atoms with Crippen LogP contribution in [0.15, 0.2) is 0 Å². The molecular formula is C15H27N3O3. The number of nitrogens with zero attached hydrogens (tertiary/aromatic N) is 3. The van der Waals surface area contributed by atoms with Crippen LogP contribution in [0.25, 0.3) is 0 Å². The zero-order valence-electron chi connectivity index (χ0n) is 13.1. The first kappa shape index (κ1) is 16.2. The molecule has 0 saturated carbocycles. The predicted octanol–water partition coefficient (Wildman–Crippen LogP) is 0.478. The van der Waals surface area contributed by atoms with Crippen molar-refractivity contribution in [2.75, 3.05) is 39.8 Å². The molecule has 0 radical (unpaired) electrons. The van der Waals surface area contributed by atoms with Crippen molar-refractivity contribution < 1.29 is 14.7 Å². The van der Waals surface area contributed by atoms with Gasteiger partial charge in [0.1, 0.15) is 6.04 Å². The summed E-state index contributed by atoms with van der Waals surface area (Å²) in [6.07, 6.45) is 3.69. The molecule has 1 amide bonds. The van der Waals surface area contributed by atoms with Gasteiger partial charge in [-0.15, -0.1) is 0 Å². The van der Waals surface area contributed by atoms with Crippen LogP contribution in [0.1, 0.15) is 32.6 Å². The Labute approximate surface area is 126 Å². The minimum atomic E-state index is -0.685. The lowest BCUT2D eigenvalue weighted by Gasteiger charge is -2.38. The van der Waals surface area contributed by atoms with E-state index >= 15 is 0 Å². The van der Waals surface area contributed by atoms with Crippen LogP contribution in [0, 0.1) is 0 Å². The molecule has 2 aliphatic rings. The molecule has 1 atom stereocenters. The van der Waals surface area contributed by atoms with E-state index in [1.807, 2.05) is 14.0 Å². The van der Waals surface area contributed by atoms with Gasteiger partial charge in [0.25, 0.3) is 0 Å². The normalized spacial score (nSPS) is 25.1. The Balaban J connectivity index is 1.80. The summed E-state index contributed by atoms with van der Waals surface area (Å²) in [5.41, 5.74) is 0. The van der Waals surface area contributed by atoms with Gasteiger partial charge in [0.15, 0.2) is 0 Å². The Hall–Kier alpha value is -1.14. The number of hydrogen-bond acceptors (Lipinski definition) is 4. The monoisotopic (exact) mass is 297 g/mol. The Morgan fingerprint density at radius 3 is 2.43 bits per heavy atom. The molecule has 2 fully saturated rings. The first-order chi connectivity index (χ1) is 10.0. The zero-order chi connectivity index (χ0) is 15.4. The van der Waals surface area contributed by atoms with Gasteiger partial charge in [-0.25, -0.2) is 0 Å². The summed E-state index contributed by atoms with van der Waals surface area (Å²) in [6.45, 7) is 5.87. The summed E-state index contributed by atoms with van der Waals surface area (Å²) in [5.74, 6) is -0.518. The molecule has 0 aromatic rings. The summed E-state index contributed by atoms with van der Waals surface area (Å²) >= 11 is 0. The van der Waals surface area contributed by atoms with Crippen LogP contribution in [0.3, 0.4) is 0 Å². The molecule has 0 aromatic heterocycles. The van der Waals surface area contributed by atoms with Crippen molar-refractivity contribution in [1.82, 2.24) is 14.7 Å². The van der Waals surface area contributed by atoms with E-state index in [4.69, 9.17) is 0 Å². The van der Waals surface area contributed by atoms with Gasteiger partial charge in [0.05, 0.1) is 6.54 Å². The van der Waals surface area contributed by atoms with Gasteiger partial charge in [-0.2, -0.15) is 0 Å². The first-order valence-electron chi connectivity index (χ1n) is 7.97. The standard InChI is InChI=1S/C15H27N3O3/c1-3-16(2)14(19)11-17-9-6-12(7-10-17)18-8-4-5-13(18)15(20)21/h12-13H,3-11H2,1-2H3,(H,20,21). The molecule has 2 rings (SSSR count). The smallest absolute Gasteiger partial charge is 0.320 e. The van der Waals surface area contributed by atoms with E-state index in [1.54, 1.807) is 4.90 Å². The molecule has 6 heteroatoms. The average Bonchev–Trinajstić information content (AvgIpc) is 2.96. The second kappa shape index (κ2) is 7.22. The minimum Gasteiger partial charge on any atom is -0.480 e. The fraction of sp³-hybridized carbons (Fsp3) is 0.867. The third-order valence-electron chi connectivity index (χ3n) is 4.86. The molecule has 0 spiro atoms. The highest BCUT2D eigenvalue weighted by Gasteiger charge is 2.36. The minimum absolute atomic E-state index is 0.167. The van der Waals surface area contributed by atoms with Crippen molar-refractivity contribution in [3.63, 3.8) is 0 Å². The molecule has 0 aliphatic carbocycles. The number of rotatable bonds is 5. The second-order valence-corrected chi connectivity index (χ2v) is 6.15. The van der Waals surface area contributed by atoms with Crippen LogP contribution in [0.2, 0.25) is 0 Å². The van der Waals surface area contributed by atoms with Crippen molar-refractivity contribution in [3.05, 3.63) is 0 Å². The van der Waals surface area contributed by atoms with Gasteiger partial charge in [0, 0.05) is 32.7 Å². The third-order valence-corrected chi connectivity index (χ3v) is 4.86. The Morgan fingerprint density at radius 1 is 1.19 bits per heavy atom. The molecule has 1 unspecified atom stereocenters. The van der Waals surface area contributed by atoms with Gasteiger partial charge in [0.2, 0.25) is 5.91 Å². The molecule has 2 aliphatic heterocycles. The maximum Gasteiger partial charge on any atom is 0.320 e. The van der Waals surface area contributed by atoms with Crippen LogP contribution in [0.4, 0.5) is 0 Å². The fourth-order valence-electron chi connectivity index (χ4n) is 3.39. The Bertz CT molecular complexity index is 380. The number of likely N-dealkylation sites (N-methyl/N-ethyl adjacent to an activating group) is 1. The first-order valence-corrected chi connectivity index (χ1v) is 7.97. The van der Waals surface area contributed by atoms with Gasteiger partial charge >= 0.3 is 5.97 Å². The summed E-state index contributed by atoms with van der Waals surface area (Å²) in [5, 5.41) is 9.27. The van der Waals surface area contributed by atoms with E-state index in [0.29, 0.717) is 12.6 Å². The Morgan fingerprint density at radius 2 is 1.86 bits per heavy atom. The lowest BCUT2D eigenvalue weighted by Crippen LogP contribution is -2.50. The molecule has 2 heterocycles. The average molecular weight is 297 g/mol. The summed E-state index contributed by atoms with van der Waals surface area (Å²) in [4.78, 5) is 29.3. The number of carboxylic acids is 1. The maximum atomic E-state index is 11.9. The number of hydrogen-bond donors (Lipinski definition) is 1. The quantitative estimate of drug-likeness (QED) is 0.799. The summed E-state index contributed by atoms with van der Waals surface area (Å²) in [6, 6.07) is 0.0678. The lowest BCUT2D eigenvalue weighted by molar-refractivity contribution is -0.143. The molecule has 120 valence electrons. The molecule has 6 nitrogen and oxygen atoms in total. The van der Waals surface area contributed by atoms with Crippen molar-refractivity contribution in [1.29, 1.82) is 0 Å². The zero-order valence-corrected chi connectivity index (χ0v) is 13.1.